The van der Waals surface area contributed by atoms with Gasteiger partial charge < -0.3 is 5.32 Å². The number of hydrogen-bond acceptors (Lipinski definition) is 6. The lowest BCUT2D eigenvalue weighted by molar-refractivity contribution is -0.125. The molecule has 0 saturated heterocycles. The highest BCUT2D eigenvalue weighted by molar-refractivity contribution is 6.10. The Morgan fingerprint density at radius 3 is 2.63 bits per heavy atom. The van der Waals surface area contributed by atoms with E-state index in [1.165, 1.54) is 11.0 Å². The molecule has 12 heteroatoms. The van der Waals surface area contributed by atoms with Gasteiger partial charge in [0.1, 0.15) is 18.0 Å². The smallest absolute Gasteiger partial charge is 0.305 e. The van der Waals surface area contributed by atoms with Gasteiger partial charge in [0.15, 0.2) is 5.82 Å². The number of alkyl halides is 3. The molecular weight excluding hydrogens is 538 g/mol. The van der Waals surface area contributed by atoms with Crippen LogP contribution in [-0.2, 0) is 20.1 Å². The Kier molecular flexibility index (Phi) is 6.54. The van der Waals surface area contributed by atoms with E-state index in [9.17, 15) is 23.2 Å². The molecule has 0 radical (unpaired) electrons. The van der Waals surface area contributed by atoms with Crippen molar-refractivity contribution in [2.45, 2.75) is 38.0 Å². The third kappa shape index (κ3) is 5.28. The molecular formula is C29H23F4N7O. The number of rotatable bonds is 7. The quantitative estimate of drug-likeness (QED) is 0.310. The van der Waals surface area contributed by atoms with Crippen molar-refractivity contribution in [1.82, 2.24) is 25.1 Å². The van der Waals surface area contributed by atoms with Crippen molar-refractivity contribution in [1.29, 1.82) is 5.26 Å². The Hall–Kier alpha value is -4.63. The summed E-state index contributed by atoms with van der Waals surface area (Å²) in [6.45, 7) is -1.55. The van der Waals surface area contributed by atoms with E-state index in [0.717, 1.165) is 24.6 Å². The number of aromatic nitrogens is 4. The fourth-order valence-electron chi connectivity index (χ4n) is 5.07. The van der Waals surface area contributed by atoms with Crippen molar-refractivity contribution in [3.63, 3.8) is 0 Å². The van der Waals surface area contributed by atoms with Crippen LogP contribution in [0.1, 0.15) is 51.5 Å². The Morgan fingerprint density at radius 2 is 1.95 bits per heavy atom. The van der Waals surface area contributed by atoms with Gasteiger partial charge in [-0.1, -0.05) is 12.1 Å². The van der Waals surface area contributed by atoms with Crippen molar-refractivity contribution in [2.75, 3.05) is 11.4 Å². The van der Waals surface area contributed by atoms with Crippen molar-refractivity contribution >= 4 is 11.7 Å². The van der Waals surface area contributed by atoms with Crippen LogP contribution in [0.4, 0.5) is 23.4 Å². The number of anilines is 1. The van der Waals surface area contributed by atoms with Crippen LogP contribution in [0.5, 0.6) is 0 Å². The monoisotopic (exact) mass is 561 g/mol. The summed E-state index contributed by atoms with van der Waals surface area (Å²) in [6.07, 6.45) is -0.981. The molecule has 2 aromatic heterocycles. The van der Waals surface area contributed by atoms with E-state index in [1.54, 1.807) is 36.3 Å². The molecule has 1 aliphatic carbocycles. The number of nitrogens with one attached hydrogen (secondary N) is 1. The number of carbonyl (C=O) groups is 1. The number of benzene rings is 2. The summed E-state index contributed by atoms with van der Waals surface area (Å²) in [5.41, 5.74) is 3.52. The fraction of sp³-hybridized carbons (Fsp3) is 0.276. The molecule has 0 unspecified atom stereocenters. The van der Waals surface area contributed by atoms with Crippen LogP contribution in [0.2, 0.25) is 0 Å². The molecule has 208 valence electrons. The second-order valence-electron chi connectivity index (χ2n) is 10.2. The van der Waals surface area contributed by atoms with Crippen LogP contribution in [0.25, 0.3) is 22.5 Å². The molecule has 1 N–H and O–H groups in total. The van der Waals surface area contributed by atoms with Crippen LogP contribution in [0.15, 0.2) is 48.8 Å². The number of pyridine rings is 1. The number of halogens is 4. The highest BCUT2D eigenvalue weighted by Gasteiger charge is 2.35. The topological polar surface area (TPSA) is 99.7 Å². The minimum atomic E-state index is -4.41. The number of aryl methyl sites for hydroxylation is 1. The number of fused-ring (bicyclic) bond motifs is 1. The average molecular weight is 562 g/mol. The summed E-state index contributed by atoms with van der Waals surface area (Å²) < 4.78 is 54.3. The lowest BCUT2D eigenvalue weighted by atomic mass is 9.94. The van der Waals surface area contributed by atoms with Gasteiger partial charge in [-0.3, -0.25) is 14.4 Å². The number of amides is 1. The van der Waals surface area contributed by atoms with Gasteiger partial charge in [0, 0.05) is 47.5 Å². The van der Waals surface area contributed by atoms with E-state index >= 15 is 4.39 Å². The minimum Gasteiger partial charge on any atom is -0.305 e. The largest absolute Gasteiger partial charge is 0.401 e. The van der Waals surface area contributed by atoms with Crippen molar-refractivity contribution < 1.29 is 22.4 Å². The summed E-state index contributed by atoms with van der Waals surface area (Å²) in [4.78, 5) is 24.0. The first-order valence-electron chi connectivity index (χ1n) is 12.9. The van der Waals surface area contributed by atoms with E-state index < -0.39 is 24.4 Å². The molecule has 1 saturated carbocycles. The molecule has 2 aromatic carbocycles. The maximum atomic E-state index is 15.1. The molecule has 0 atom stereocenters. The van der Waals surface area contributed by atoms with E-state index in [4.69, 9.17) is 4.98 Å². The van der Waals surface area contributed by atoms with Crippen LogP contribution in [-0.4, -0.2) is 38.4 Å². The Bertz CT molecular complexity index is 1720. The first-order chi connectivity index (χ1) is 19.6. The molecule has 0 spiro atoms. The Balaban J connectivity index is 1.40. The second kappa shape index (κ2) is 10.1. The first kappa shape index (κ1) is 26.6. The summed E-state index contributed by atoms with van der Waals surface area (Å²) in [5, 5.41) is 16.6. The van der Waals surface area contributed by atoms with Gasteiger partial charge in [0.25, 0.3) is 5.91 Å². The van der Waals surface area contributed by atoms with Gasteiger partial charge in [-0.2, -0.15) is 23.5 Å². The van der Waals surface area contributed by atoms with Crippen molar-refractivity contribution in [3.8, 4) is 28.6 Å². The molecule has 41 heavy (non-hydrogen) atoms. The third-order valence-corrected chi connectivity index (χ3v) is 7.12. The Morgan fingerprint density at radius 1 is 1.15 bits per heavy atom. The number of nitrogens with zero attached hydrogens (tertiary/aromatic N) is 6. The first-order valence-corrected chi connectivity index (χ1v) is 12.9. The molecule has 0 bridgehead atoms. The average Bonchev–Trinajstić information content (AvgIpc) is 3.62. The van der Waals surface area contributed by atoms with E-state index in [2.05, 4.69) is 21.5 Å². The van der Waals surface area contributed by atoms with Crippen LogP contribution in [0, 0.1) is 17.1 Å². The molecule has 1 aliphatic heterocycles. The van der Waals surface area contributed by atoms with Gasteiger partial charge in [-0.15, -0.1) is 0 Å². The maximum absolute atomic E-state index is 15.1. The van der Waals surface area contributed by atoms with Gasteiger partial charge in [-0.25, -0.2) is 14.4 Å². The normalized spacial score (nSPS) is 14.8. The van der Waals surface area contributed by atoms with Gasteiger partial charge in [0.2, 0.25) is 0 Å². The second-order valence-corrected chi connectivity index (χ2v) is 10.2. The zero-order valence-corrected chi connectivity index (χ0v) is 21.8. The SMILES string of the molecule is Cn1cnc(-c2cccc(C#N)c2-c2cc(C3CC3)nc(N3Cc4c(F)cc(CNCC(F)(F)F)cc4C3=O)c2)n1. The summed E-state index contributed by atoms with van der Waals surface area (Å²) >= 11 is 0. The van der Waals surface area contributed by atoms with E-state index in [-0.39, 0.29) is 35.7 Å². The lowest BCUT2D eigenvalue weighted by Crippen LogP contribution is -2.28. The molecule has 6 rings (SSSR count). The number of nitriles is 1. The van der Waals surface area contributed by atoms with E-state index in [0.29, 0.717) is 33.9 Å². The zero-order chi connectivity index (χ0) is 28.9. The fourth-order valence-corrected chi connectivity index (χ4v) is 5.07. The van der Waals surface area contributed by atoms with Crippen LogP contribution < -0.4 is 10.2 Å². The molecule has 1 fully saturated rings. The molecule has 1 amide bonds. The summed E-state index contributed by atoms with van der Waals surface area (Å²) in [6, 6.07) is 13.7. The van der Waals surface area contributed by atoms with E-state index in [1.807, 2.05) is 12.1 Å². The minimum absolute atomic E-state index is 0.0780. The molecule has 8 nitrogen and oxygen atoms in total. The van der Waals surface area contributed by atoms with Gasteiger partial charge in [0.05, 0.1) is 24.7 Å². The highest BCUT2D eigenvalue weighted by Crippen LogP contribution is 2.43. The summed E-state index contributed by atoms with van der Waals surface area (Å²) in [5.74, 6) is -0.233. The number of hydrogen-bond donors (Lipinski definition) is 1. The summed E-state index contributed by atoms with van der Waals surface area (Å²) in [7, 11) is 1.74. The van der Waals surface area contributed by atoms with Gasteiger partial charge >= 0.3 is 6.18 Å². The van der Waals surface area contributed by atoms with Crippen LogP contribution >= 0.6 is 0 Å². The predicted molar refractivity (Wildman–Crippen MR) is 141 cm³/mol. The van der Waals surface area contributed by atoms with Crippen LogP contribution in [0.3, 0.4) is 0 Å². The highest BCUT2D eigenvalue weighted by atomic mass is 19.4. The molecule has 4 aromatic rings. The van der Waals surface area contributed by atoms with Crippen molar-refractivity contribution in [2.24, 2.45) is 7.05 Å². The lowest BCUT2D eigenvalue weighted by Gasteiger charge is -2.18. The standard InChI is InChI=1S/C29H23F4N7O/c1-39-15-36-27(38-39)20-4-2-3-18(11-34)26(20)19-9-24(17-5-6-17)37-25(10-19)40-13-22-21(28(40)41)7-16(8-23(22)30)12-35-14-29(31,32)33/h2-4,7-10,15,17,35H,5-6,12-14H2,1H3. The van der Waals surface area contributed by atoms with Gasteiger partial charge in [-0.05, 0) is 54.3 Å². The third-order valence-electron chi connectivity index (χ3n) is 7.12. The molecule has 2 aliphatic rings. The molecule has 3 heterocycles. The Labute approximate surface area is 232 Å². The maximum Gasteiger partial charge on any atom is 0.401 e. The number of carbonyl (C=O) groups excluding carboxylic acids is 1. The zero-order valence-electron chi connectivity index (χ0n) is 21.8. The van der Waals surface area contributed by atoms with Crippen molar-refractivity contribution in [3.05, 3.63) is 82.6 Å². The predicted octanol–water partition coefficient (Wildman–Crippen LogP) is 5.24.